The molecule has 0 aliphatic heterocycles. The van der Waals surface area contributed by atoms with Crippen molar-refractivity contribution in [2.24, 2.45) is 0 Å². The van der Waals surface area contributed by atoms with Gasteiger partial charge in [-0.05, 0) is 0 Å². The van der Waals surface area contributed by atoms with Gasteiger partial charge in [-0.25, -0.2) is 0 Å². The zero-order valence-corrected chi connectivity index (χ0v) is 9.41. The van der Waals surface area contributed by atoms with Gasteiger partial charge in [-0.2, -0.15) is 5.06 Å². The molecule has 0 unspecified atom stereocenters. The van der Waals surface area contributed by atoms with Crippen LogP contribution in [0.5, 0.6) is 0 Å². The number of hydroxylamine groups is 2. The van der Waals surface area contributed by atoms with Crippen molar-refractivity contribution in [3.63, 3.8) is 0 Å². The quantitative estimate of drug-likeness (QED) is 0.320. The van der Waals surface area contributed by atoms with Crippen molar-refractivity contribution >= 4 is 0 Å². The van der Waals surface area contributed by atoms with Gasteiger partial charge in [0.15, 0.2) is 0 Å². The summed E-state index contributed by atoms with van der Waals surface area (Å²) in [5.41, 5.74) is 0. The Kier molecular flexibility index (Phi) is 8.53. The number of nitrogens with zero attached hydrogens (tertiary/aromatic N) is 2. The van der Waals surface area contributed by atoms with Crippen LogP contribution < -0.4 is 0 Å². The summed E-state index contributed by atoms with van der Waals surface area (Å²) in [6.07, 6.45) is 3.74. The maximum atomic E-state index is 5.57. The molecule has 0 rings (SSSR count). The van der Waals surface area contributed by atoms with E-state index in [-0.39, 0.29) is 0 Å². The van der Waals surface area contributed by atoms with Crippen LogP contribution in [0.2, 0.25) is 0 Å². The zero-order chi connectivity index (χ0) is 10.8. The van der Waals surface area contributed by atoms with Gasteiger partial charge in [0, 0.05) is 26.2 Å². The van der Waals surface area contributed by atoms with E-state index in [2.05, 4.69) is 31.9 Å². The largest absolute Gasteiger partial charge is 0.283 e. The molecule has 14 heavy (non-hydrogen) atoms. The molecule has 0 radical (unpaired) electrons. The Balaban J connectivity index is 3.77. The van der Waals surface area contributed by atoms with Crippen LogP contribution in [-0.4, -0.2) is 42.9 Å². The topological polar surface area (TPSA) is 15.7 Å². The maximum absolute atomic E-state index is 5.57. The van der Waals surface area contributed by atoms with Gasteiger partial charge < -0.3 is 0 Å². The van der Waals surface area contributed by atoms with Crippen LogP contribution in [0.25, 0.3) is 0 Å². The second kappa shape index (κ2) is 8.94. The predicted molar refractivity (Wildman–Crippen MR) is 60.8 cm³/mol. The van der Waals surface area contributed by atoms with E-state index in [1.807, 2.05) is 17.2 Å². The summed E-state index contributed by atoms with van der Waals surface area (Å²) in [5.74, 6) is 0. The van der Waals surface area contributed by atoms with Crippen molar-refractivity contribution in [3.05, 3.63) is 25.3 Å². The molecule has 0 saturated heterocycles. The summed E-state index contributed by atoms with van der Waals surface area (Å²) >= 11 is 0. The van der Waals surface area contributed by atoms with Crippen molar-refractivity contribution in [3.8, 4) is 0 Å². The van der Waals surface area contributed by atoms with E-state index in [1.165, 1.54) is 0 Å². The summed E-state index contributed by atoms with van der Waals surface area (Å²) in [7, 11) is 0. The second-order valence-electron chi connectivity index (χ2n) is 2.99. The Morgan fingerprint density at radius 3 is 1.93 bits per heavy atom. The van der Waals surface area contributed by atoms with Crippen LogP contribution in [0.1, 0.15) is 13.8 Å². The van der Waals surface area contributed by atoms with E-state index in [9.17, 15) is 0 Å². The third-order valence-electron chi connectivity index (χ3n) is 1.90. The average Bonchev–Trinajstić information content (AvgIpc) is 2.20. The van der Waals surface area contributed by atoms with Crippen molar-refractivity contribution in [1.82, 2.24) is 9.96 Å². The second-order valence-corrected chi connectivity index (χ2v) is 2.99. The fourth-order valence-corrected chi connectivity index (χ4v) is 1.11. The van der Waals surface area contributed by atoms with Crippen molar-refractivity contribution in [2.75, 3.05) is 32.9 Å². The molecule has 0 bridgehead atoms. The van der Waals surface area contributed by atoms with E-state index in [4.69, 9.17) is 4.84 Å². The number of hydrogen-bond acceptors (Lipinski definition) is 3. The molecular formula is C11H22N2O. The van der Waals surface area contributed by atoms with Gasteiger partial charge in [0.1, 0.15) is 6.73 Å². The van der Waals surface area contributed by atoms with Crippen LogP contribution >= 0.6 is 0 Å². The Labute approximate surface area is 87.6 Å². The van der Waals surface area contributed by atoms with Crippen molar-refractivity contribution in [1.29, 1.82) is 0 Å². The van der Waals surface area contributed by atoms with Crippen molar-refractivity contribution < 1.29 is 4.84 Å². The minimum Gasteiger partial charge on any atom is -0.283 e. The lowest BCUT2D eigenvalue weighted by atomic mass is 10.5. The van der Waals surface area contributed by atoms with Crippen LogP contribution in [0.4, 0.5) is 0 Å². The third kappa shape index (κ3) is 5.91. The fourth-order valence-electron chi connectivity index (χ4n) is 1.11. The number of hydrogen-bond donors (Lipinski definition) is 0. The lowest BCUT2D eigenvalue weighted by Crippen LogP contribution is -2.33. The van der Waals surface area contributed by atoms with Gasteiger partial charge in [0.2, 0.25) is 0 Å². The molecule has 3 nitrogen and oxygen atoms in total. The molecular weight excluding hydrogens is 176 g/mol. The lowest BCUT2D eigenvalue weighted by molar-refractivity contribution is -0.183. The predicted octanol–water partition coefficient (Wildman–Crippen LogP) is 1.89. The molecule has 0 heterocycles. The molecule has 3 heteroatoms. The van der Waals surface area contributed by atoms with Gasteiger partial charge in [0.25, 0.3) is 0 Å². The molecule has 0 aromatic rings. The summed E-state index contributed by atoms with van der Waals surface area (Å²) < 4.78 is 0. The molecule has 82 valence electrons. The third-order valence-corrected chi connectivity index (χ3v) is 1.90. The minimum absolute atomic E-state index is 0.597. The molecule has 0 fully saturated rings. The molecule has 0 aliphatic rings. The van der Waals surface area contributed by atoms with Gasteiger partial charge >= 0.3 is 0 Å². The fraction of sp³-hybridized carbons (Fsp3) is 0.636. The van der Waals surface area contributed by atoms with E-state index in [0.717, 1.165) is 26.2 Å². The molecule has 0 aromatic carbocycles. The monoisotopic (exact) mass is 198 g/mol. The summed E-state index contributed by atoms with van der Waals surface area (Å²) in [5, 5.41) is 1.93. The standard InChI is InChI=1S/C11H22N2O/c1-5-9-12(10-6-2)11-14-13(7-3)8-4/h5-6H,1-2,7-11H2,3-4H3. The Morgan fingerprint density at radius 1 is 1.07 bits per heavy atom. The highest BCUT2D eigenvalue weighted by atomic mass is 16.7. The molecule has 0 amide bonds. The average molecular weight is 198 g/mol. The van der Waals surface area contributed by atoms with E-state index in [1.54, 1.807) is 0 Å². The first-order valence-electron chi connectivity index (χ1n) is 5.10. The first-order chi connectivity index (χ1) is 6.78. The van der Waals surface area contributed by atoms with Crippen LogP contribution in [0.3, 0.4) is 0 Å². The molecule has 0 atom stereocenters. The van der Waals surface area contributed by atoms with Crippen LogP contribution in [0.15, 0.2) is 25.3 Å². The molecule has 0 aliphatic carbocycles. The normalized spacial score (nSPS) is 10.9. The maximum Gasteiger partial charge on any atom is 0.122 e. The number of rotatable bonds is 9. The lowest BCUT2D eigenvalue weighted by Gasteiger charge is -2.24. The highest BCUT2D eigenvalue weighted by Crippen LogP contribution is 1.94. The van der Waals surface area contributed by atoms with Crippen molar-refractivity contribution in [2.45, 2.75) is 13.8 Å². The highest BCUT2D eigenvalue weighted by molar-refractivity contribution is 4.78. The summed E-state index contributed by atoms with van der Waals surface area (Å²) in [6.45, 7) is 15.6. The summed E-state index contributed by atoms with van der Waals surface area (Å²) in [4.78, 5) is 7.69. The first kappa shape index (κ1) is 13.4. The van der Waals surface area contributed by atoms with Gasteiger partial charge in [-0.3, -0.25) is 9.74 Å². The van der Waals surface area contributed by atoms with E-state index < -0.39 is 0 Å². The van der Waals surface area contributed by atoms with Crippen LogP contribution in [0, 0.1) is 0 Å². The molecule has 0 spiro atoms. The molecule has 0 N–H and O–H groups in total. The first-order valence-corrected chi connectivity index (χ1v) is 5.10. The zero-order valence-electron chi connectivity index (χ0n) is 9.41. The van der Waals surface area contributed by atoms with Gasteiger partial charge in [-0.1, -0.05) is 26.0 Å². The smallest absolute Gasteiger partial charge is 0.122 e. The highest BCUT2D eigenvalue weighted by Gasteiger charge is 2.03. The molecule has 0 saturated carbocycles. The van der Waals surface area contributed by atoms with Gasteiger partial charge in [-0.15, -0.1) is 13.2 Å². The van der Waals surface area contributed by atoms with E-state index >= 15 is 0 Å². The van der Waals surface area contributed by atoms with Crippen LogP contribution in [-0.2, 0) is 4.84 Å². The van der Waals surface area contributed by atoms with E-state index in [0.29, 0.717) is 6.73 Å². The Hall–Kier alpha value is -0.640. The minimum atomic E-state index is 0.597. The SMILES string of the molecule is C=CCN(CC=C)CON(CC)CC. The Bertz CT molecular complexity index is 145. The Morgan fingerprint density at radius 2 is 1.57 bits per heavy atom. The molecule has 0 aromatic heterocycles. The summed E-state index contributed by atoms with van der Waals surface area (Å²) in [6, 6.07) is 0. The van der Waals surface area contributed by atoms with Gasteiger partial charge in [0.05, 0.1) is 0 Å².